The normalized spacial score (nSPS) is 17.1. The predicted molar refractivity (Wildman–Crippen MR) is 122 cm³/mol. The fourth-order valence-corrected chi connectivity index (χ4v) is 3.74. The molecule has 2 fully saturated rings. The van der Waals surface area contributed by atoms with Crippen molar-refractivity contribution in [1.82, 2.24) is 10.3 Å². The van der Waals surface area contributed by atoms with Gasteiger partial charge in [-0.1, -0.05) is 6.42 Å². The van der Waals surface area contributed by atoms with Crippen LogP contribution in [0.5, 0.6) is 0 Å². The number of amides is 2. The molecule has 1 aliphatic heterocycles. The Balaban J connectivity index is 0.000000257. The summed E-state index contributed by atoms with van der Waals surface area (Å²) in [4.78, 5) is 22.2. The molecule has 0 radical (unpaired) electrons. The number of aromatic nitrogens is 1. The number of aromatic amines is 1. The van der Waals surface area contributed by atoms with Gasteiger partial charge >= 0.3 is 0 Å². The first-order chi connectivity index (χ1) is 15.9. The Hall–Kier alpha value is -3.52. The lowest BCUT2D eigenvalue weighted by Crippen LogP contribution is -2.14. The van der Waals surface area contributed by atoms with Gasteiger partial charge in [0.1, 0.15) is 11.6 Å². The molecule has 5 N–H and O–H groups in total. The van der Waals surface area contributed by atoms with Crippen LogP contribution in [0.1, 0.15) is 37.2 Å². The third-order valence-corrected chi connectivity index (χ3v) is 5.64. The smallest absolute Gasteiger partial charge is 0.222 e. The fraction of sp³-hybridized carbons (Fsp3) is 0.280. The van der Waals surface area contributed by atoms with Gasteiger partial charge in [0.15, 0.2) is 0 Å². The largest absolute Gasteiger partial charge is 0.391 e. The van der Waals surface area contributed by atoms with E-state index in [2.05, 4.69) is 22.1 Å². The number of hydrogen-bond acceptors (Lipinski definition) is 3. The van der Waals surface area contributed by atoms with Crippen molar-refractivity contribution in [2.45, 2.75) is 37.7 Å². The van der Waals surface area contributed by atoms with Crippen LogP contribution in [0.15, 0.2) is 54.6 Å². The summed E-state index contributed by atoms with van der Waals surface area (Å²) < 4.78 is 26.3. The molecular weight excluding hydrogens is 428 g/mol. The minimum absolute atomic E-state index is 0.0486. The zero-order valence-electron chi connectivity index (χ0n) is 18.1. The Labute approximate surface area is 190 Å². The second kappa shape index (κ2) is 11.4. The molecule has 33 heavy (non-hydrogen) atoms. The summed E-state index contributed by atoms with van der Waals surface area (Å²) in [6, 6.07) is 15.2. The van der Waals surface area contributed by atoms with Gasteiger partial charge in [0.2, 0.25) is 12.3 Å². The minimum atomic E-state index is -0.438. The average Bonchev–Trinajstić information content (AvgIpc) is 3.35. The number of rotatable bonds is 3. The highest BCUT2D eigenvalue weighted by molar-refractivity contribution is 5.78. The van der Waals surface area contributed by atoms with E-state index >= 15 is 0 Å². The number of primary amides is 1. The van der Waals surface area contributed by atoms with E-state index in [-0.39, 0.29) is 30.4 Å². The van der Waals surface area contributed by atoms with Crippen LogP contribution in [0, 0.1) is 11.6 Å². The molecule has 2 aliphatic rings. The summed E-state index contributed by atoms with van der Waals surface area (Å²) >= 11 is 0. The number of aliphatic hydroxyl groups is 1. The summed E-state index contributed by atoms with van der Waals surface area (Å²) in [5, 5.41) is 11.1. The van der Waals surface area contributed by atoms with Crippen molar-refractivity contribution in [3.63, 3.8) is 0 Å². The van der Waals surface area contributed by atoms with Crippen LogP contribution in [-0.2, 0) is 9.59 Å². The SMILES string of the molecule is Fc1ccc(-c2cc(C3CCC3)c(-c3ccc(F)cc3)[nH]2)cc1.NC=O.O=C1CC(O)CN1. The first-order valence-corrected chi connectivity index (χ1v) is 10.8. The number of carbonyl (C=O) groups is 2. The Morgan fingerprint density at radius 3 is 1.91 bits per heavy atom. The van der Waals surface area contributed by atoms with Gasteiger partial charge in [0.05, 0.1) is 12.5 Å². The molecule has 0 spiro atoms. The second-order valence-electron chi connectivity index (χ2n) is 7.95. The number of halogens is 2. The molecule has 0 bridgehead atoms. The van der Waals surface area contributed by atoms with E-state index in [0.29, 0.717) is 12.5 Å². The van der Waals surface area contributed by atoms with Gasteiger partial charge < -0.3 is 21.1 Å². The van der Waals surface area contributed by atoms with Gasteiger partial charge in [-0.2, -0.15) is 0 Å². The molecule has 8 heteroatoms. The van der Waals surface area contributed by atoms with Crippen LogP contribution in [0.4, 0.5) is 8.78 Å². The number of aliphatic hydroxyl groups excluding tert-OH is 1. The number of hydrogen-bond donors (Lipinski definition) is 4. The second-order valence-corrected chi connectivity index (χ2v) is 7.95. The highest BCUT2D eigenvalue weighted by atomic mass is 19.1. The van der Waals surface area contributed by atoms with Gasteiger partial charge in [0, 0.05) is 17.9 Å². The fourth-order valence-electron chi connectivity index (χ4n) is 3.74. The molecule has 1 saturated carbocycles. The molecule has 2 amide bonds. The molecule has 2 aromatic carbocycles. The minimum Gasteiger partial charge on any atom is -0.391 e. The maximum atomic E-state index is 13.2. The lowest BCUT2D eigenvalue weighted by molar-refractivity contribution is -0.119. The third-order valence-electron chi connectivity index (χ3n) is 5.64. The van der Waals surface area contributed by atoms with Gasteiger partial charge in [-0.05, 0) is 90.0 Å². The number of β-amino-alcohol motifs (C(OH)–C–C–N with tert-alkyl or cyclic N) is 1. The van der Waals surface area contributed by atoms with Crippen molar-refractivity contribution in [3.8, 4) is 22.5 Å². The van der Waals surface area contributed by atoms with Crippen molar-refractivity contribution in [1.29, 1.82) is 0 Å². The molecule has 174 valence electrons. The first-order valence-electron chi connectivity index (χ1n) is 10.8. The molecule has 1 aromatic heterocycles. The summed E-state index contributed by atoms with van der Waals surface area (Å²) in [5.41, 5.74) is 9.42. The summed E-state index contributed by atoms with van der Waals surface area (Å²) in [5.74, 6) is 0.0375. The number of nitrogens with two attached hydrogens (primary N) is 1. The molecular formula is C25H27F2N3O3. The zero-order valence-corrected chi connectivity index (χ0v) is 18.1. The number of nitrogens with one attached hydrogen (secondary N) is 2. The molecule has 3 aromatic rings. The average molecular weight is 456 g/mol. The summed E-state index contributed by atoms with van der Waals surface area (Å²) in [7, 11) is 0. The Bertz CT molecular complexity index is 1060. The topological polar surface area (TPSA) is 108 Å². The van der Waals surface area contributed by atoms with Gasteiger partial charge in [-0.15, -0.1) is 0 Å². The molecule has 2 heterocycles. The number of H-pyrrole nitrogens is 1. The van der Waals surface area contributed by atoms with Crippen LogP contribution in [0.25, 0.3) is 22.5 Å². The molecule has 5 rings (SSSR count). The van der Waals surface area contributed by atoms with E-state index < -0.39 is 6.10 Å². The highest BCUT2D eigenvalue weighted by Crippen LogP contribution is 2.42. The monoisotopic (exact) mass is 455 g/mol. The van der Waals surface area contributed by atoms with Crippen molar-refractivity contribution in [3.05, 3.63) is 71.8 Å². The van der Waals surface area contributed by atoms with Crippen molar-refractivity contribution in [2.24, 2.45) is 5.73 Å². The third kappa shape index (κ3) is 6.49. The molecule has 1 aliphatic carbocycles. The standard InChI is InChI=1S/C20H17F2N.C4H7NO2.CH3NO/c21-16-8-4-14(5-9-16)19-12-18(13-2-1-3-13)20(23-19)15-6-10-17(22)11-7-15;6-3-1-4(7)5-2-3;2-1-3/h4-13,23H,1-3H2;3,6H,1-2H2,(H,5,7);1H,(H2,2,3). The molecule has 6 nitrogen and oxygen atoms in total. The van der Waals surface area contributed by atoms with E-state index in [0.717, 1.165) is 22.5 Å². The molecule has 1 saturated heterocycles. The summed E-state index contributed by atoms with van der Waals surface area (Å²) in [6.07, 6.45) is 3.72. The van der Waals surface area contributed by atoms with E-state index in [1.807, 2.05) is 0 Å². The van der Waals surface area contributed by atoms with Crippen molar-refractivity contribution >= 4 is 12.3 Å². The van der Waals surface area contributed by atoms with E-state index in [1.54, 1.807) is 24.3 Å². The number of benzene rings is 2. The lowest BCUT2D eigenvalue weighted by Gasteiger charge is -2.26. The predicted octanol–water partition coefficient (Wildman–Crippen LogP) is 3.86. The summed E-state index contributed by atoms with van der Waals surface area (Å²) in [6.45, 7) is 0.429. The van der Waals surface area contributed by atoms with Gasteiger partial charge in [-0.25, -0.2) is 8.78 Å². The molecule has 1 atom stereocenters. The van der Waals surface area contributed by atoms with Crippen LogP contribution in [0.2, 0.25) is 0 Å². The van der Waals surface area contributed by atoms with Crippen LogP contribution < -0.4 is 11.1 Å². The first kappa shape index (κ1) is 24.1. The Morgan fingerprint density at radius 1 is 0.970 bits per heavy atom. The number of carbonyl (C=O) groups excluding carboxylic acids is 2. The van der Waals surface area contributed by atoms with E-state index in [1.165, 1.54) is 49.1 Å². The zero-order chi connectivity index (χ0) is 23.8. The van der Waals surface area contributed by atoms with Crippen LogP contribution >= 0.6 is 0 Å². The quantitative estimate of drug-likeness (QED) is 0.450. The van der Waals surface area contributed by atoms with E-state index in [9.17, 15) is 13.6 Å². The Morgan fingerprint density at radius 2 is 1.52 bits per heavy atom. The van der Waals surface area contributed by atoms with Crippen LogP contribution in [-0.4, -0.2) is 35.1 Å². The maximum absolute atomic E-state index is 13.2. The van der Waals surface area contributed by atoms with Gasteiger partial charge in [0.25, 0.3) is 0 Å². The van der Waals surface area contributed by atoms with Gasteiger partial charge in [-0.3, -0.25) is 9.59 Å². The van der Waals surface area contributed by atoms with Crippen molar-refractivity contribution in [2.75, 3.05) is 6.54 Å². The van der Waals surface area contributed by atoms with Crippen LogP contribution in [0.3, 0.4) is 0 Å². The Kier molecular flexibility index (Phi) is 8.32. The maximum Gasteiger partial charge on any atom is 0.222 e. The van der Waals surface area contributed by atoms with E-state index in [4.69, 9.17) is 9.90 Å². The molecule has 1 unspecified atom stereocenters. The lowest BCUT2D eigenvalue weighted by atomic mass is 9.79. The highest BCUT2D eigenvalue weighted by Gasteiger charge is 2.25. The van der Waals surface area contributed by atoms with Crippen molar-refractivity contribution < 1.29 is 23.5 Å².